The highest BCUT2D eigenvalue weighted by Gasteiger charge is 2.40. The van der Waals surface area contributed by atoms with Crippen LogP contribution in [0.3, 0.4) is 0 Å². The van der Waals surface area contributed by atoms with E-state index in [9.17, 15) is 0 Å². The molecule has 2 fully saturated rings. The van der Waals surface area contributed by atoms with Crippen LogP contribution in [0, 0.1) is 5.41 Å². The number of ether oxygens (including phenoxy) is 1. The molecule has 2 aliphatic rings. The molecule has 1 heterocycles. The number of nitrogens with one attached hydrogen (secondary N) is 1. The number of amidine groups is 1. The standard InChI is InChI=1S/C17H25N3O/c1-20(14-6-4-5-13(11-14)16(18)19)15-7-10-21-17(12-15)8-2-3-9-17/h4-6,11,15H,2-3,7-10,12H2,1H3,(H3,18,19). The summed E-state index contributed by atoms with van der Waals surface area (Å²) in [5.74, 6) is 0.129. The van der Waals surface area contributed by atoms with Crippen LogP contribution >= 0.6 is 0 Å². The average Bonchev–Trinajstić information content (AvgIpc) is 2.94. The molecule has 1 aromatic rings. The predicted molar refractivity (Wildman–Crippen MR) is 86.0 cm³/mol. The van der Waals surface area contributed by atoms with E-state index >= 15 is 0 Å². The molecule has 0 amide bonds. The van der Waals surface area contributed by atoms with E-state index in [0.29, 0.717) is 6.04 Å². The molecule has 1 saturated heterocycles. The zero-order valence-electron chi connectivity index (χ0n) is 12.8. The molecular weight excluding hydrogens is 262 g/mol. The van der Waals surface area contributed by atoms with Crippen molar-refractivity contribution in [2.24, 2.45) is 5.73 Å². The van der Waals surface area contributed by atoms with E-state index in [-0.39, 0.29) is 11.4 Å². The Balaban J connectivity index is 1.76. The second kappa shape index (κ2) is 5.68. The summed E-state index contributed by atoms with van der Waals surface area (Å²) in [6.07, 6.45) is 7.22. The Hall–Kier alpha value is -1.55. The van der Waals surface area contributed by atoms with Crippen LogP contribution in [0.2, 0.25) is 0 Å². The van der Waals surface area contributed by atoms with Crippen LogP contribution in [0.1, 0.15) is 44.1 Å². The fourth-order valence-electron chi connectivity index (χ4n) is 3.80. The van der Waals surface area contributed by atoms with E-state index in [1.54, 1.807) is 0 Å². The van der Waals surface area contributed by atoms with E-state index < -0.39 is 0 Å². The second-order valence-electron chi connectivity index (χ2n) is 6.46. The molecule has 1 unspecified atom stereocenters. The lowest BCUT2D eigenvalue weighted by molar-refractivity contribution is -0.0795. The molecule has 4 nitrogen and oxygen atoms in total. The first kappa shape index (κ1) is 14.4. The Bertz CT molecular complexity index is 523. The van der Waals surface area contributed by atoms with E-state index in [1.165, 1.54) is 25.7 Å². The van der Waals surface area contributed by atoms with Crippen molar-refractivity contribution in [1.82, 2.24) is 0 Å². The van der Waals surface area contributed by atoms with Crippen molar-refractivity contribution in [3.8, 4) is 0 Å². The van der Waals surface area contributed by atoms with Crippen LogP contribution in [0.4, 0.5) is 5.69 Å². The highest BCUT2D eigenvalue weighted by molar-refractivity contribution is 5.95. The Morgan fingerprint density at radius 3 is 2.86 bits per heavy atom. The van der Waals surface area contributed by atoms with Crippen LogP contribution in [-0.2, 0) is 4.74 Å². The number of rotatable bonds is 3. The third-order valence-electron chi connectivity index (χ3n) is 5.09. The number of hydrogen-bond donors (Lipinski definition) is 2. The fourth-order valence-corrected chi connectivity index (χ4v) is 3.80. The monoisotopic (exact) mass is 287 g/mol. The van der Waals surface area contributed by atoms with Gasteiger partial charge in [0.1, 0.15) is 5.84 Å². The topological polar surface area (TPSA) is 62.3 Å². The maximum Gasteiger partial charge on any atom is 0.122 e. The molecule has 114 valence electrons. The zero-order chi connectivity index (χ0) is 14.9. The quantitative estimate of drug-likeness (QED) is 0.664. The second-order valence-corrected chi connectivity index (χ2v) is 6.46. The van der Waals surface area contributed by atoms with Gasteiger partial charge in [-0.05, 0) is 37.8 Å². The van der Waals surface area contributed by atoms with Crippen LogP contribution in [0.5, 0.6) is 0 Å². The van der Waals surface area contributed by atoms with E-state index in [4.69, 9.17) is 15.9 Å². The molecule has 3 rings (SSSR count). The number of anilines is 1. The number of nitrogen functional groups attached to an aromatic ring is 1. The van der Waals surface area contributed by atoms with Crippen molar-refractivity contribution in [1.29, 1.82) is 5.41 Å². The first-order valence-electron chi connectivity index (χ1n) is 7.91. The van der Waals surface area contributed by atoms with Gasteiger partial charge in [0.25, 0.3) is 0 Å². The molecule has 0 bridgehead atoms. The molecule has 1 saturated carbocycles. The highest BCUT2D eigenvalue weighted by atomic mass is 16.5. The minimum absolute atomic E-state index is 0.129. The van der Waals surface area contributed by atoms with Crippen LogP contribution in [-0.4, -0.2) is 31.1 Å². The summed E-state index contributed by atoms with van der Waals surface area (Å²) in [5, 5.41) is 7.59. The van der Waals surface area contributed by atoms with Gasteiger partial charge in [-0.3, -0.25) is 5.41 Å². The summed E-state index contributed by atoms with van der Waals surface area (Å²) in [6.45, 7) is 0.863. The van der Waals surface area contributed by atoms with Gasteiger partial charge in [0.2, 0.25) is 0 Å². The van der Waals surface area contributed by atoms with Gasteiger partial charge < -0.3 is 15.4 Å². The number of nitrogens with two attached hydrogens (primary N) is 1. The van der Waals surface area contributed by atoms with Crippen molar-refractivity contribution < 1.29 is 4.74 Å². The maximum atomic E-state index is 7.59. The summed E-state index contributed by atoms with van der Waals surface area (Å²) in [4.78, 5) is 2.34. The van der Waals surface area contributed by atoms with Crippen molar-refractivity contribution >= 4 is 11.5 Å². The molecular formula is C17H25N3O. The molecule has 1 spiro atoms. The lowest BCUT2D eigenvalue weighted by atomic mass is 9.88. The normalized spacial score (nSPS) is 24.1. The van der Waals surface area contributed by atoms with Gasteiger partial charge in [0.15, 0.2) is 0 Å². The molecule has 0 aromatic heterocycles. The average molecular weight is 287 g/mol. The number of hydrogen-bond acceptors (Lipinski definition) is 3. The van der Waals surface area contributed by atoms with E-state index in [2.05, 4.69) is 18.0 Å². The maximum absolute atomic E-state index is 7.59. The van der Waals surface area contributed by atoms with Gasteiger partial charge in [-0.1, -0.05) is 25.0 Å². The Morgan fingerprint density at radius 2 is 2.14 bits per heavy atom. The van der Waals surface area contributed by atoms with Crippen molar-refractivity contribution in [2.45, 2.75) is 50.2 Å². The number of nitrogens with zero attached hydrogens (tertiary/aromatic N) is 1. The van der Waals surface area contributed by atoms with Gasteiger partial charge in [0, 0.05) is 30.9 Å². The Labute approximate surface area is 126 Å². The molecule has 1 aliphatic carbocycles. The van der Waals surface area contributed by atoms with Gasteiger partial charge in [-0.15, -0.1) is 0 Å². The summed E-state index contributed by atoms with van der Waals surface area (Å²) in [5.41, 5.74) is 7.67. The zero-order valence-corrected chi connectivity index (χ0v) is 12.8. The minimum Gasteiger partial charge on any atom is -0.384 e. The molecule has 0 radical (unpaired) electrons. The van der Waals surface area contributed by atoms with Gasteiger partial charge >= 0.3 is 0 Å². The molecule has 4 heteroatoms. The lowest BCUT2D eigenvalue weighted by Crippen LogP contribution is -2.46. The van der Waals surface area contributed by atoms with Crippen LogP contribution in [0.15, 0.2) is 24.3 Å². The fraction of sp³-hybridized carbons (Fsp3) is 0.588. The molecule has 1 atom stereocenters. The van der Waals surface area contributed by atoms with Gasteiger partial charge in [-0.2, -0.15) is 0 Å². The number of benzene rings is 1. The Morgan fingerprint density at radius 1 is 1.38 bits per heavy atom. The lowest BCUT2D eigenvalue weighted by Gasteiger charge is -2.42. The van der Waals surface area contributed by atoms with E-state index in [1.807, 2.05) is 18.2 Å². The van der Waals surface area contributed by atoms with Crippen molar-refractivity contribution in [2.75, 3.05) is 18.6 Å². The van der Waals surface area contributed by atoms with Crippen molar-refractivity contribution in [3.05, 3.63) is 29.8 Å². The van der Waals surface area contributed by atoms with E-state index in [0.717, 1.165) is 30.7 Å². The minimum atomic E-state index is 0.129. The van der Waals surface area contributed by atoms with Gasteiger partial charge in [0.05, 0.1) is 5.60 Å². The largest absolute Gasteiger partial charge is 0.384 e. The van der Waals surface area contributed by atoms with Crippen molar-refractivity contribution in [3.63, 3.8) is 0 Å². The molecule has 1 aromatic carbocycles. The van der Waals surface area contributed by atoms with Crippen LogP contribution < -0.4 is 10.6 Å². The highest BCUT2D eigenvalue weighted by Crippen LogP contribution is 2.41. The first-order valence-corrected chi connectivity index (χ1v) is 7.91. The summed E-state index contributed by atoms with van der Waals surface area (Å²) >= 11 is 0. The third kappa shape index (κ3) is 2.91. The summed E-state index contributed by atoms with van der Waals surface area (Å²) in [6, 6.07) is 8.50. The smallest absolute Gasteiger partial charge is 0.122 e. The summed E-state index contributed by atoms with van der Waals surface area (Å²) < 4.78 is 6.12. The molecule has 21 heavy (non-hydrogen) atoms. The van der Waals surface area contributed by atoms with Gasteiger partial charge in [-0.25, -0.2) is 0 Å². The van der Waals surface area contributed by atoms with Crippen LogP contribution in [0.25, 0.3) is 0 Å². The molecule has 1 aliphatic heterocycles. The third-order valence-corrected chi connectivity index (χ3v) is 5.09. The molecule has 3 N–H and O–H groups in total. The summed E-state index contributed by atoms with van der Waals surface area (Å²) in [7, 11) is 2.15. The predicted octanol–water partition coefficient (Wildman–Crippen LogP) is 2.90. The Kier molecular flexibility index (Phi) is 3.89. The first-order chi connectivity index (χ1) is 10.1. The SMILES string of the molecule is CN(c1cccc(C(=N)N)c1)C1CCOC2(CCCC2)C1.